The van der Waals surface area contributed by atoms with Crippen LogP contribution >= 0.6 is 0 Å². The molecule has 0 bridgehead atoms. The minimum atomic E-state index is -1.59. The fourth-order valence-corrected chi connectivity index (χ4v) is 2.30. The molecule has 26 heavy (non-hydrogen) atoms. The fourth-order valence-electron chi connectivity index (χ4n) is 2.30. The van der Waals surface area contributed by atoms with Crippen LogP contribution < -0.4 is 40.0 Å². The molecule has 7 nitrogen and oxygen atoms in total. The number of aromatic carboxylic acids is 1. The van der Waals surface area contributed by atoms with Crippen LogP contribution in [-0.4, -0.2) is 27.0 Å². The van der Waals surface area contributed by atoms with Gasteiger partial charge in [-0.2, -0.15) is 0 Å². The zero-order chi connectivity index (χ0) is 18.0. The maximum absolute atomic E-state index is 12.9. The Morgan fingerprint density at radius 2 is 1.85 bits per heavy atom. The largest absolute Gasteiger partial charge is 1.00 e. The van der Waals surface area contributed by atoms with Gasteiger partial charge in [-0.05, 0) is 29.8 Å². The Hall–Kier alpha value is -2.55. The number of carboxylic acid groups (broad SMARTS) is 1. The van der Waals surface area contributed by atoms with Gasteiger partial charge in [-0.25, -0.2) is 9.37 Å². The molecule has 0 unspecified atom stereocenters. The summed E-state index contributed by atoms with van der Waals surface area (Å²) in [7, 11) is 0. The first-order valence-electron chi connectivity index (χ1n) is 7.19. The SMILES string of the molecule is O=C(NCc1ccc(F)cc1)c1nc(C(=O)[O-])c2cccnc2c1O.[Na+]. The molecule has 2 aromatic heterocycles. The van der Waals surface area contributed by atoms with Crippen LogP contribution in [0.4, 0.5) is 4.39 Å². The number of amides is 1. The molecular weight excluding hydrogens is 352 g/mol. The summed E-state index contributed by atoms with van der Waals surface area (Å²) in [5.41, 5.74) is -0.419. The van der Waals surface area contributed by atoms with Gasteiger partial charge >= 0.3 is 29.6 Å². The number of benzene rings is 1. The molecule has 0 spiro atoms. The fraction of sp³-hybridized carbons (Fsp3) is 0.0588. The molecule has 0 fully saturated rings. The summed E-state index contributed by atoms with van der Waals surface area (Å²) in [6, 6.07) is 8.33. The van der Waals surface area contributed by atoms with E-state index in [1.807, 2.05) is 0 Å². The third-order valence-corrected chi connectivity index (χ3v) is 3.51. The predicted molar refractivity (Wildman–Crippen MR) is 83.1 cm³/mol. The van der Waals surface area contributed by atoms with Crippen molar-refractivity contribution in [3.8, 4) is 5.75 Å². The van der Waals surface area contributed by atoms with Crippen LogP contribution in [-0.2, 0) is 6.54 Å². The molecule has 0 atom stereocenters. The molecule has 1 aromatic carbocycles. The molecule has 126 valence electrons. The van der Waals surface area contributed by atoms with E-state index in [4.69, 9.17) is 0 Å². The van der Waals surface area contributed by atoms with Gasteiger partial charge in [0.1, 0.15) is 11.3 Å². The normalized spacial score (nSPS) is 10.2. The monoisotopic (exact) mass is 363 g/mol. The summed E-state index contributed by atoms with van der Waals surface area (Å²) in [5, 5.41) is 24.0. The number of fused-ring (bicyclic) bond motifs is 1. The van der Waals surface area contributed by atoms with Gasteiger partial charge in [-0.15, -0.1) is 0 Å². The van der Waals surface area contributed by atoms with E-state index in [9.17, 15) is 24.2 Å². The Balaban J connectivity index is 0.00000243. The summed E-state index contributed by atoms with van der Waals surface area (Å²) >= 11 is 0. The Bertz CT molecular complexity index is 980. The number of rotatable bonds is 4. The number of nitrogens with zero attached hydrogens (tertiary/aromatic N) is 2. The van der Waals surface area contributed by atoms with Crippen LogP contribution in [0.25, 0.3) is 10.9 Å². The molecule has 0 saturated carbocycles. The first-order chi connectivity index (χ1) is 12.0. The second kappa shape index (κ2) is 8.22. The van der Waals surface area contributed by atoms with Gasteiger partial charge in [-0.1, -0.05) is 12.1 Å². The standard InChI is InChI=1S/C17H12FN3O4.Na/c18-10-5-3-9(4-6-10)8-20-16(23)14-15(22)12-11(2-1-7-19-12)13(21-14)17(24)25;/h1-7,22H,8H2,(H,20,23)(H,24,25);/q;+1/p-1. The molecule has 3 aromatic rings. The molecule has 0 aliphatic heterocycles. The topological polar surface area (TPSA) is 115 Å². The second-order valence-electron chi connectivity index (χ2n) is 5.15. The summed E-state index contributed by atoms with van der Waals surface area (Å²) in [4.78, 5) is 31.1. The van der Waals surface area contributed by atoms with Gasteiger partial charge in [0.2, 0.25) is 0 Å². The number of pyridine rings is 2. The first-order valence-corrected chi connectivity index (χ1v) is 7.19. The van der Waals surface area contributed by atoms with Crippen LogP contribution in [0.5, 0.6) is 5.75 Å². The Morgan fingerprint density at radius 3 is 2.50 bits per heavy atom. The van der Waals surface area contributed by atoms with Gasteiger partial charge in [0.05, 0.1) is 11.7 Å². The number of hydrogen-bond acceptors (Lipinski definition) is 6. The molecular formula is C17H11FN3NaO4. The van der Waals surface area contributed by atoms with Crippen LogP contribution in [0.1, 0.15) is 26.5 Å². The van der Waals surface area contributed by atoms with Crippen LogP contribution in [0.15, 0.2) is 42.6 Å². The van der Waals surface area contributed by atoms with Gasteiger partial charge < -0.3 is 20.3 Å². The van der Waals surface area contributed by atoms with Crippen molar-refractivity contribution >= 4 is 22.8 Å². The number of halogens is 1. The summed E-state index contributed by atoms with van der Waals surface area (Å²) in [6.07, 6.45) is 1.35. The summed E-state index contributed by atoms with van der Waals surface area (Å²) in [6.45, 7) is 0.0428. The van der Waals surface area contributed by atoms with E-state index in [0.717, 1.165) is 0 Å². The maximum Gasteiger partial charge on any atom is 1.00 e. The van der Waals surface area contributed by atoms with Gasteiger partial charge in [0.15, 0.2) is 11.4 Å². The van der Waals surface area contributed by atoms with Crippen molar-refractivity contribution in [2.75, 3.05) is 0 Å². The third kappa shape index (κ3) is 3.98. The Morgan fingerprint density at radius 1 is 1.15 bits per heavy atom. The third-order valence-electron chi connectivity index (χ3n) is 3.51. The van der Waals surface area contributed by atoms with Gasteiger partial charge in [0.25, 0.3) is 5.91 Å². The molecule has 0 saturated heterocycles. The number of aromatic nitrogens is 2. The molecule has 9 heteroatoms. The quantitative estimate of drug-likeness (QED) is 0.507. The van der Waals surface area contributed by atoms with E-state index < -0.39 is 34.8 Å². The van der Waals surface area contributed by atoms with E-state index in [2.05, 4.69) is 15.3 Å². The molecule has 0 aliphatic carbocycles. The van der Waals surface area contributed by atoms with Crippen LogP contribution in [0, 0.1) is 5.82 Å². The predicted octanol–water partition coefficient (Wildman–Crippen LogP) is -2.23. The molecule has 2 heterocycles. The number of hydrogen-bond donors (Lipinski definition) is 2. The minimum absolute atomic E-state index is 0. The number of aromatic hydroxyl groups is 1. The molecule has 0 aliphatic rings. The first kappa shape index (κ1) is 19.8. The Kier molecular flexibility index (Phi) is 6.25. The van der Waals surface area contributed by atoms with Crippen molar-refractivity contribution in [1.29, 1.82) is 0 Å². The summed E-state index contributed by atoms with van der Waals surface area (Å²) < 4.78 is 12.9. The number of nitrogens with one attached hydrogen (secondary N) is 1. The number of carbonyl (C=O) groups is 2. The van der Waals surface area contributed by atoms with Crippen molar-refractivity contribution < 1.29 is 53.7 Å². The van der Waals surface area contributed by atoms with Crippen LogP contribution in [0.2, 0.25) is 0 Å². The maximum atomic E-state index is 12.9. The zero-order valence-corrected chi connectivity index (χ0v) is 15.7. The van der Waals surface area contributed by atoms with Crippen molar-refractivity contribution in [3.05, 3.63) is 65.4 Å². The van der Waals surface area contributed by atoms with Gasteiger partial charge in [-0.3, -0.25) is 9.78 Å². The van der Waals surface area contributed by atoms with Crippen molar-refractivity contribution in [2.24, 2.45) is 0 Å². The Labute approximate surface area is 169 Å². The van der Waals surface area contributed by atoms with Crippen molar-refractivity contribution in [2.45, 2.75) is 6.54 Å². The summed E-state index contributed by atoms with van der Waals surface area (Å²) in [5.74, 6) is -3.33. The average molecular weight is 363 g/mol. The molecule has 3 rings (SSSR count). The zero-order valence-electron chi connectivity index (χ0n) is 13.7. The number of carbonyl (C=O) groups excluding carboxylic acids is 2. The minimum Gasteiger partial charge on any atom is -0.543 e. The molecule has 2 N–H and O–H groups in total. The smallest absolute Gasteiger partial charge is 0.543 e. The van der Waals surface area contributed by atoms with E-state index in [1.165, 1.54) is 42.6 Å². The van der Waals surface area contributed by atoms with Gasteiger partial charge in [0, 0.05) is 18.1 Å². The van der Waals surface area contributed by atoms with Crippen LogP contribution in [0.3, 0.4) is 0 Å². The molecule has 1 amide bonds. The second-order valence-corrected chi connectivity index (χ2v) is 5.15. The average Bonchev–Trinajstić information content (AvgIpc) is 2.61. The number of carboxylic acids is 1. The van der Waals surface area contributed by atoms with E-state index in [1.54, 1.807) is 0 Å². The van der Waals surface area contributed by atoms with Crippen molar-refractivity contribution in [3.63, 3.8) is 0 Å². The molecule has 0 radical (unpaired) electrons. The van der Waals surface area contributed by atoms with E-state index >= 15 is 0 Å². The van der Waals surface area contributed by atoms with E-state index in [0.29, 0.717) is 5.56 Å². The van der Waals surface area contributed by atoms with E-state index in [-0.39, 0.29) is 47.0 Å². The van der Waals surface area contributed by atoms with Crippen molar-refractivity contribution in [1.82, 2.24) is 15.3 Å².